The van der Waals surface area contributed by atoms with Crippen molar-refractivity contribution in [3.63, 3.8) is 0 Å². The Bertz CT molecular complexity index is 469. The summed E-state index contributed by atoms with van der Waals surface area (Å²) in [4.78, 5) is 31.4. The van der Waals surface area contributed by atoms with Gasteiger partial charge in [-0.3, -0.25) is 14.3 Å². The number of nitrogens with zero attached hydrogens (tertiary/aromatic N) is 1. The molecule has 0 aliphatic heterocycles. The van der Waals surface area contributed by atoms with E-state index in [4.69, 9.17) is 9.79 Å². The molecule has 3 N–H and O–H groups in total. The zero-order chi connectivity index (χ0) is 12.3. The van der Waals surface area contributed by atoms with Gasteiger partial charge in [-0.05, 0) is 6.92 Å². The normalized spacial score (nSPS) is 10.8. The Morgan fingerprint density at radius 1 is 1.59 bits per heavy atom. The van der Waals surface area contributed by atoms with Gasteiger partial charge in [-0.1, -0.05) is 0 Å². The maximum absolute atomic E-state index is 10.7. The molecule has 92 valence electrons. The zero-order valence-electron chi connectivity index (χ0n) is 11.0. The van der Waals surface area contributed by atoms with Crippen molar-refractivity contribution in [2.45, 2.75) is 13.5 Å². The number of carbonyl (C=O) groups is 1. The van der Waals surface area contributed by atoms with Gasteiger partial charge < -0.3 is 17.7 Å². The number of hydrogen-bond donors (Lipinski definition) is 3. The van der Waals surface area contributed by atoms with Crippen LogP contribution < -0.4 is 0 Å². The third-order valence-corrected chi connectivity index (χ3v) is 2.33. The summed E-state index contributed by atoms with van der Waals surface area (Å²) >= 11 is 0. The Balaban J connectivity index is -0.000000853. The molecule has 0 atom stereocenters. The molecule has 0 unspecified atom stereocenters. The molecule has 0 amide bonds. The minimum Gasteiger partial charge on any atom is -1.00 e. The van der Waals surface area contributed by atoms with Crippen molar-refractivity contribution >= 4 is 51.8 Å². The summed E-state index contributed by atoms with van der Waals surface area (Å²) in [6, 6.07) is 0. The predicted molar refractivity (Wildman–Crippen MR) is 60.8 cm³/mol. The van der Waals surface area contributed by atoms with Crippen molar-refractivity contribution in [2.75, 3.05) is 0 Å². The maximum atomic E-state index is 10.7. The van der Waals surface area contributed by atoms with E-state index in [2.05, 4.69) is 9.51 Å². The van der Waals surface area contributed by atoms with Crippen LogP contribution in [0.1, 0.15) is 24.5 Å². The molecule has 0 aromatic carbocycles. The van der Waals surface area contributed by atoms with E-state index in [1.165, 1.54) is 13.1 Å². The molecular weight excluding hydrogens is 277 g/mol. The van der Waals surface area contributed by atoms with E-state index in [9.17, 15) is 14.5 Å². The summed E-state index contributed by atoms with van der Waals surface area (Å²) in [6.07, 6.45) is 1.59. The van der Waals surface area contributed by atoms with Crippen molar-refractivity contribution in [3.05, 3.63) is 23.0 Å². The van der Waals surface area contributed by atoms with Crippen LogP contribution in [0.4, 0.5) is 0 Å². The van der Waals surface area contributed by atoms with Crippen molar-refractivity contribution in [1.29, 1.82) is 0 Å². The predicted octanol–water partition coefficient (Wildman–Crippen LogP) is 0.362. The SMILES string of the molecule is Cc1ncc(COP(=O)(O)O)c(C=O)c1O.[Ca+2].[H-].[H-]. The topological polar surface area (TPSA) is 117 Å². The largest absolute Gasteiger partial charge is 2.00 e. The number of aromatic hydroxyl groups is 1. The minimum atomic E-state index is -4.61. The Hall–Kier alpha value is -0.0103. The van der Waals surface area contributed by atoms with Gasteiger partial charge in [-0.25, -0.2) is 4.57 Å². The maximum Gasteiger partial charge on any atom is 2.00 e. The Labute approximate surface area is 130 Å². The third kappa shape index (κ3) is 5.01. The van der Waals surface area contributed by atoms with E-state index in [0.717, 1.165) is 0 Å². The average Bonchev–Trinajstić information content (AvgIpc) is 2.18. The molecule has 0 saturated heterocycles. The number of aryl methyl sites for hydroxylation is 1. The summed E-state index contributed by atoms with van der Waals surface area (Å²) in [5, 5.41) is 9.46. The van der Waals surface area contributed by atoms with E-state index in [0.29, 0.717) is 6.29 Å². The van der Waals surface area contributed by atoms with Crippen molar-refractivity contribution < 1.29 is 31.6 Å². The molecule has 1 aromatic rings. The molecule has 1 heterocycles. The third-order valence-electron chi connectivity index (χ3n) is 1.86. The summed E-state index contributed by atoms with van der Waals surface area (Å²) in [7, 11) is -4.61. The smallest absolute Gasteiger partial charge is 1.00 e. The molecule has 17 heavy (non-hydrogen) atoms. The van der Waals surface area contributed by atoms with Crippen molar-refractivity contribution in [1.82, 2.24) is 4.98 Å². The first-order chi connectivity index (χ1) is 7.35. The van der Waals surface area contributed by atoms with Gasteiger partial charge in [0.05, 0.1) is 17.9 Å². The fourth-order valence-corrected chi connectivity index (χ4v) is 1.36. The van der Waals surface area contributed by atoms with Gasteiger partial charge in [-0.2, -0.15) is 0 Å². The van der Waals surface area contributed by atoms with Gasteiger partial charge in [0, 0.05) is 11.8 Å². The number of hydrogen-bond acceptors (Lipinski definition) is 5. The summed E-state index contributed by atoms with van der Waals surface area (Å²) in [6.45, 7) is 0.995. The number of carbonyl (C=O) groups excluding carboxylic acids is 1. The molecule has 0 saturated carbocycles. The van der Waals surface area contributed by atoms with Gasteiger partial charge in [0.25, 0.3) is 0 Å². The Morgan fingerprint density at radius 2 is 2.18 bits per heavy atom. The molecular formula is C8H12CaNO6P. The van der Waals surface area contributed by atoms with E-state index in [-0.39, 0.29) is 63.2 Å². The summed E-state index contributed by atoms with van der Waals surface area (Å²) < 4.78 is 14.7. The van der Waals surface area contributed by atoms with Crippen LogP contribution in [0.5, 0.6) is 5.75 Å². The first-order valence-corrected chi connectivity index (χ1v) is 5.71. The van der Waals surface area contributed by atoms with Gasteiger partial charge in [0.2, 0.25) is 0 Å². The van der Waals surface area contributed by atoms with E-state index >= 15 is 0 Å². The second kappa shape index (κ2) is 6.80. The molecule has 1 aromatic heterocycles. The Kier molecular flexibility index (Phi) is 6.79. The van der Waals surface area contributed by atoms with Crippen LogP contribution in [0.15, 0.2) is 6.20 Å². The number of phosphoric acid groups is 1. The number of pyridine rings is 1. The van der Waals surface area contributed by atoms with Crippen LogP contribution in [-0.4, -0.2) is 63.9 Å². The molecule has 0 aliphatic carbocycles. The molecule has 9 heteroatoms. The second-order valence-electron chi connectivity index (χ2n) is 3.01. The first kappa shape index (κ1) is 17.0. The monoisotopic (exact) mass is 289 g/mol. The summed E-state index contributed by atoms with van der Waals surface area (Å²) in [5.74, 6) is -0.318. The first-order valence-electron chi connectivity index (χ1n) is 4.18. The van der Waals surface area contributed by atoms with Gasteiger partial charge in [0.1, 0.15) is 5.75 Å². The molecule has 0 spiro atoms. The van der Waals surface area contributed by atoms with E-state index in [1.54, 1.807) is 0 Å². The van der Waals surface area contributed by atoms with Crippen LogP contribution in [-0.2, 0) is 15.7 Å². The van der Waals surface area contributed by atoms with Crippen molar-refractivity contribution in [3.8, 4) is 5.75 Å². The molecule has 7 nitrogen and oxygen atoms in total. The van der Waals surface area contributed by atoms with Crippen LogP contribution in [0.3, 0.4) is 0 Å². The quantitative estimate of drug-likeness (QED) is 0.416. The van der Waals surface area contributed by atoms with Gasteiger partial charge in [0.15, 0.2) is 6.29 Å². The number of aromatic nitrogens is 1. The number of rotatable bonds is 4. The van der Waals surface area contributed by atoms with E-state index < -0.39 is 14.4 Å². The van der Waals surface area contributed by atoms with Gasteiger partial charge >= 0.3 is 45.6 Å². The second-order valence-corrected chi connectivity index (χ2v) is 4.25. The minimum absolute atomic E-state index is 0. The average molecular weight is 289 g/mol. The summed E-state index contributed by atoms with van der Waals surface area (Å²) in [5.41, 5.74) is 0.282. The molecule has 0 aliphatic rings. The van der Waals surface area contributed by atoms with Crippen LogP contribution in [0.25, 0.3) is 0 Å². The van der Waals surface area contributed by atoms with Crippen LogP contribution in [0, 0.1) is 6.92 Å². The zero-order valence-corrected chi connectivity index (χ0v) is 12.1. The molecule has 1 rings (SSSR count). The van der Waals surface area contributed by atoms with Gasteiger partial charge in [-0.15, -0.1) is 0 Å². The standard InChI is InChI=1S/C8H10NO6P.Ca.2H/c1-5-8(11)7(3-10)6(2-9-5)4-15-16(12,13)14;;;/h2-3,11H,4H2,1H3,(H2,12,13,14);;;/q;+2;2*-1. The number of phosphoric ester groups is 1. The van der Waals surface area contributed by atoms with Crippen LogP contribution >= 0.6 is 7.82 Å². The molecule has 0 radical (unpaired) electrons. The van der Waals surface area contributed by atoms with Crippen LogP contribution in [0.2, 0.25) is 0 Å². The molecule has 0 fully saturated rings. The Morgan fingerprint density at radius 3 is 2.65 bits per heavy atom. The fourth-order valence-electron chi connectivity index (χ4n) is 1.05. The van der Waals surface area contributed by atoms with E-state index in [1.807, 2.05) is 0 Å². The van der Waals surface area contributed by atoms with Crippen molar-refractivity contribution in [2.24, 2.45) is 0 Å². The fraction of sp³-hybridized carbons (Fsp3) is 0.250. The molecule has 0 bridgehead atoms. The number of aldehydes is 1.